The number of rotatable bonds is 14. The molecule has 250 valence electrons. The maximum Gasteiger partial charge on any atom is 0.534 e. The van der Waals surface area contributed by atoms with E-state index in [-0.39, 0.29) is 31.4 Å². The summed E-state index contributed by atoms with van der Waals surface area (Å²) in [7, 11) is -4.25. The molecule has 4 rings (SSSR count). The Morgan fingerprint density at radius 3 is 2.31 bits per heavy atom. The van der Waals surface area contributed by atoms with Gasteiger partial charge in [-0.25, -0.2) is 4.79 Å². The largest absolute Gasteiger partial charge is 0.534 e. The number of hydrogen-bond acceptors (Lipinski definition) is 10. The van der Waals surface area contributed by atoms with Crippen molar-refractivity contribution in [3.8, 4) is 11.5 Å². The van der Waals surface area contributed by atoms with E-state index in [4.69, 9.17) is 18.9 Å². The lowest BCUT2D eigenvalue weighted by Crippen LogP contribution is -2.50. The van der Waals surface area contributed by atoms with Gasteiger partial charge in [0.15, 0.2) is 6.29 Å². The second kappa shape index (κ2) is 15.0. The molecule has 5 atom stereocenters. The van der Waals surface area contributed by atoms with Gasteiger partial charge in [0.25, 0.3) is 0 Å². The summed E-state index contributed by atoms with van der Waals surface area (Å²) in [5.74, 6) is 0.354. The van der Waals surface area contributed by atoms with E-state index < -0.39 is 52.0 Å². The van der Waals surface area contributed by atoms with E-state index in [9.17, 15) is 31.5 Å². The lowest BCUT2D eigenvalue weighted by Gasteiger charge is -2.31. The molecule has 2 aromatic carbocycles. The highest BCUT2D eigenvalue weighted by molar-refractivity contribution is 7.88. The monoisotopic (exact) mass is 660 g/mol. The first kappa shape index (κ1) is 34.8. The lowest BCUT2D eigenvalue weighted by atomic mass is 10.00. The first-order chi connectivity index (χ1) is 21.2. The van der Waals surface area contributed by atoms with Crippen molar-refractivity contribution in [3.05, 3.63) is 59.7 Å². The third-order valence-corrected chi connectivity index (χ3v) is 8.49. The van der Waals surface area contributed by atoms with Crippen LogP contribution in [0.1, 0.15) is 31.4 Å². The molecular formula is C30H39F3N2O9S. The van der Waals surface area contributed by atoms with Crippen LogP contribution in [-0.4, -0.2) is 88.0 Å². The number of fused-ring (bicyclic) bond motifs is 1. The smallest absolute Gasteiger partial charge is 0.497 e. The fourth-order valence-corrected chi connectivity index (χ4v) is 5.82. The molecule has 0 saturated carbocycles. The first-order valence-corrected chi connectivity index (χ1v) is 16.0. The summed E-state index contributed by atoms with van der Waals surface area (Å²) < 4.78 is 87.1. The molecule has 2 N–H and O–H groups in total. The van der Waals surface area contributed by atoms with Gasteiger partial charge in [0.1, 0.15) is 17.6 Å². The maximum absolute atomic E-state index is 13.1. The van der Waals surface area contributed by atoms with Crippen LogP contribution < -0.4 is 14.2 Å². The number of halogens is 3. The highest BCUT2D eigenvalue weighted by Crippen LogP contribution is 2.33. The van der Waals surface area contributed by atoms with Gasteiger partial charge in [-0.1, -0.05) is 38.1 Å². The molecule has 2 aliphatic rings. The van der Waals surface area contributed by atoms with Gasteiger partial charge in [-0.3, -0.25) is 4.90 Å². The van der Waals surface area contributed by atoms with Crippen LogP contribution in [0.25, 0.3) is 0 Å². The van der Waals surface area contributed by atoms with E-state index in [1.165, 1.54) is 12.1 Å². The van der Waals surface area contributed by atoms with Crippen LogP contribution >= 0.6 is 0 Å². The topological polar surface area (TPSA) is 133 Å². The molecule has 2 saturated heterocycles. The molecule has 0 aromatic heterocycles. The standard InChI is InChI=1S/C30H39F3N2O9S/c1-19(2)15-35(16-21-6-8-22(40-3)9-7-21)17-26(36)25(34-29(37)43-27-18-42-28-24(27)12-13-41-28)14-20-4-10-23(11-5-20)44-45(38,39)30(31,32)33/h4-11,19,24-28,36H,12-18H2,1-3H3,(H,34,37)/t24-,25-,26+,27-,28+/m0/s1. The summed E-state index contributed by atoms with van der Waals surface area (Å²) in [5, 5.41) is 14.2. The first-order valence-electron chi connectivity index (χ1n) is 14.6. The maximum atomic E-state index is 13.1. The minimum absolute atomic E-state index is 0.0525. The van der Waals surface area contributed by atoms with Gasteiger partial charge >= 0.3 is 21.7 Å². The Labute approximate surface area is 260 Å². The molecule has 0 unspecified atom stereocenters. The number of methoxy groups -OCH3 is 1. The quantitative estimate of drug-likeness (QED) is 0.228. The number of aliphatic hydroxyl groups excluding tert-OH is 1. The zero-order chi connectivity index (χ0) is 32.8. The van der Waals surface area contributed by atoms with Gasteiger partial charge < -0.3 is 33.6 Å². The molecular weight excluding hydrogens is 621 g/mol. The average molecular weight is 661 g/mol. The molecule has 2 aromatic rings. The number of nitrogens with zero attached hydrogens (tertiary/aromatic N) is 1. The van der Waals surface area contributed by atoms with Gasteiger partial charge in [0.05, 0.1) is 38.4 Å². The number of carbonyl (C=O) groups is 1. The number of benzene rings is 2. The highest BCUT2D eigenvalue weighted by atomic mass is 32.2. The minimum atomic E-state index is -5.83. The Morgan fingerprint density at radius 1 is 1.04 bits per heavy atom. The summed E-state index contributed by atoms with van der Waals surface area (Å²) in [5.41, 5.74) is -4.09. The van der Waals surface area contributed by atoms with Gasteiger partial charge in [-0.15, -0.1) is 0 Å². The highest BCUT2D eigenvalue weighted by Gasteiger charge is 2.48. The Hall–Kier alpha value is -3.11. The molecule has 0 spiro atoms. The van der Waals surface area contributed by atoms with E-state index >= 15 is 0 Å². The molecule has 1 amide bonds. The van der Waals surface area contributed by atoms with E-state index in [1.54, 1.807) is 7.11 Å². The number of aliphatic hydroxyl groups is 1. The van der Waals surface area contributed by atoms with Crippen LogP contribution in [-0.2, 0) is 37.3 Å². The van der Waals surface area contributed by atoms with Gasteiger partial charge in [-0.2, -0.15) is 21.6 Å². The third-order valence-electron chi connectivity index (χ3n) is 7.51. The normalized spacial score (nSPS) is 21.4. The van der Waals surface area contributed by atoms with E-state index in [0.29, 0.717) is 37.4 Å². The fraction of sp³-hybridized carbons (Fsp3) is 0.567. The molecule has 0 aliphatic carbocycles. The van der Waals surface area contributed by atoms with Crippen LogP contribution in [0.2, 0.25) is 0 Å². The van der Waals surface area contributed by atoms with Crippen LogP contribution in [0, 0.1) is 11.8 Å². The van der Waals surface area contributed by atoms with Crippen molar-refractivity contribution in [3.63, 3.8) is 0 Å². The number of ether oxygens (including phenoxy) is 4. The zero-order valence-electron chi connectivity index (χ0n) is 25.2. The van der Waals surface area contributed by atoms with Crippen molar-refractivity contribution in [1.29, 1.82) is 0 Å². The summed E-state index contributed by atoms with van der Waals surface area (Å²) in [6.07, 6.45) is -2.07. The Kier molecular flexibility index (Phi) is 11.6. The second-order valence-electron chi connectivity index (χ2n) is 11.6. The predicted octanol–water partition coefficient (Wildman–Crippen LogP) is 3.84. The molecule has 2 heterocycles. The Morgan fingerprint density at radius 2 is 1.69 bits per heavy atom. The minimum Gasteiger partial charge on any atom is -0.497 e. The molecule has 0 radical (unpaired) electrons. The summed E-state index contributed by atoms with van der Waals surface area (Å²) in [6.45, 7) is 6.11. The van der Waals surface area contributed by atoms with Crippen molar-refractivity contribution >= 4 is 16.2 Å². The number of carbonyl (C=O) groups excluding carboxylic acids is 1. The van der Waals surface area contributed by atoms with Crippen molar-refractivity contribution < 1.29 is 54.6 Å². The number of alkyl halides is 3. The molecule has 15 heteroatoms. The van der Waals surface area contributed by atoms with Crippen LogP contribution in [0.5, 0.6) is 11.5 Å². The van der Waals surface area contributed by atoms with E-state index in [0.717, 1.165) is 17.7 Å². The zero-order valence-corrected chi connectivity index (χ0v) is 26.1. The van der Waals surface area contributed by atoms with Crippen molar-refractivity contribution in [2.45, 2.75) is 63.3 Å². The van der Waals surface area contributed by atoms with Gasteiger partial charge in [-0.05, 0) is 54.2 Å². The fourth-order valence-electron chi connectivity index (χ4n) is 5.36. The van der Waals surface area contributed by atoms with Crippen molar-refractivity contribution in [2.75, 3.05) is 33.4 Å². The van der Waals surface area contributed by atoms with Crippen LogP contribution in [0.4, 0.5) is 18.0 Å². The Balaban J connectivity index is 1.48. The van der Waals surface area contributed by atoms with E-state index in [2.05, 4.69) is 14.4 Å². The molecule has 45 heavy (non-hydrogen) atoms. The molecule has 2 fully saturated rings. The average Bonchev–Trinajstić information content (AvgIpc) is 3.58. The number of alkyl carbamates (subject to hydrolysis) is 1. The summed E-state index contributed by atoms with van der Waals surface area (Å²) >= 11 is 0. The SMILES string of the molecule is COc1ccc(CN(CC(C)C)C[C@@H](O)[C@H](Cc2ccc(OS(=O)(=O)C(F)(F)F)cc2)NC(=O)O[C@H]2CO[C@H]3OCC[C@H]32)cc1. The van der Waals surface area contributed by atoms with E-state index in [1.807, 2.05) is 38.1 Å². The van der Waals surface area contributed by atoms with Crippen LogP contribution in [0.15, 0.2) is 48.5 Å². The summed E-state index contributed by atoms with van der Waals surface area (Å²) in [6, 6.07) is 11.5. The van der Waals surface area contributed by atoms with Crippen LogP contribution in [0.3, 0.4) is 0 Å². The van der Waals surface area contributed by atoms with Gasteiger partial charge in [0, 0.05) is 19.6 Å². The Bertz CT molecular complexity index is 1360. The third kappa shape index (κ3) is 9.69. The number of nitrogens with one attached hydrogen (secondary N) is 1. The summed E-state index contributed by atoms with van der Waals surface area (Å²) in [4.78, 5) is 15.1. The molecule has 2 aliphatic heterocycles. The number of amides is 1. The molecule has 0 bridgehead atoms. The van der Waals surface area contributed by atoms with Crippen molar-refractivity contribution in [1.82, 2.24) is 10.2 Å². The van der Waals surface area contributed by atoms with Gasteiger partial charge in [0.2, 0.25) is 0 Å². The lowest BCUT2D eigenvalue weighted by molar-refractivity contribution is -0.0907. The number of hydrogen-bond donors (Lipinski definition) is 2. The predicted molar refractivity (Wildman–Crippen MR) is 156 cm³/mol. The molecule has 11 nitrogen and oxygen atoms in total. The van der Waals surface area contributed by atoms with Crippen molar-refractivity contribution in [2.24, 2.45) is 11.8 Å². The second-order valence-corrected chi connectivity index (χ2v) is 13.1.